The number of aliphatic hydroxyl groups excluding tert-OH is 1. The Morgan fingerprint density at radius 2 is 1.94 bits per heavy atom. The number of thioether (sulfide) groups is 1. The van der Waals surface area contributed by atoms with Crippen LogP contribution < -0.4 is 0 Å². The fourth-order valence-corrected chi connectivity index (χ4v) is 2.81. The standard InChI is InChI=1S/C15H15FOS/c1-11-4-2-3-5-13(11)10-18-15-7-12(9-17)6-14(16)8-15/h2-8,17H,9-10H2,1H3. The molecule has 0 unspecified atom stereocenters. The first-order chi connectivity index (χ1) is 8.69. The number of aryl methyl sites for hydroxylation is 1. The number of halogens is 1. The van der Waals surface area contributed by atoms with Crippen molar-refractivity contribution in [2.75, 3.05) is 0 Å². The van der Waals surface area contributed by atoms with Crippen molar-refractivity contribution in [2.24, 2.45) is 0 Å². The van der Waals surface area contributed by atoms with E-state index in [9.17, 15) is 4.39 Å². The Morgan fingerprint density at radius 3 is 2.67 bits per heavy atom. The number of hydrogen-bond acceptors (Lipinski definition) is 2. The number of aliphatic hydroxyl groups is 1. The fraction of sp³-hybridized carbons (Fsp3) is 0.200. The predicted octanol–water partition coefficient (Wildman–Crippen LogP) is 3.92. The Morgan fingerprint density at radius 1 is 1.17 bits per heavy atom. The zero-order valence-electron chi connectivity index (χ0n) is 10.2. The molecule has 0 amide bonds. The highest BCUT2D eigenvalue weighted by Crippen LogP contribution is 2.26. The summed E-state index contributed by atoms with van der Waals surface area (Å²) in [5.74, 6) is 0.509. The molecule has 94 valence electrons. The number of benzene rings is 2. The molecule has 0 atom stereocenters. The van der Waals surface area contributed by atoms with Gasteiger partial charge >= 0.3 is 0 Å². The molecular weight excluding hydrogens is 247 g/mol. The Kier molecular flexibility index (Phi) is 4.39. The first kappa shape index (κ1) is 13.1. The van der Waals surface area contributed by atoms with Gasteiger partial charge in [0.2, 0.25) is 0 Å². The third kappa shape index (κ3) is 3.34. The molecule has 1 nitrogen and oxygen atoms in total. The van der Waals surface area contributed by atoms with Gasteiger partial charge in [0.15, 0.2) is 0 Å². The van der Waals surface area contributed by atoms with Crippen LogP contribution in [0.15, 0.2) is 47.4 Å². The fourth-order valence-electron chi connectivity index (χ4n) is 1.73. The second kappa shape index (κ2) is 6.03. The minimum absolute atomic E-state index is 0.129. The Hall–Kier alpha value is -1.32. The summed E-state index contributed by atoms with van der Waals surface area (Å²) < 4.78 is 13.3. The van der Waals surface area contributed by atoms with Crippen molar-refractivity contribution in [3.8, 4) is 0 Å². The van der Waals surface area contributed by atoms with Gasteiger partial charge in [-0.1, -0.05) is 24.3 Å². The summed E-state index contributed by atoms with van der Waals surface area (Å²) >= 11 is 1.58. The van der Waals surface area contributed by atoms with E-state index >= 15 is 0 Å². The number of rotatable bonds is 4. The summed E-state index contributed by atoms with van der Waals surface area (Å²) in [6.45, 7) is 1.94. The van der Waals surface area contributed by atoms with Gasteiger partial charge in [0.25, 0.3) is 0 Å². The molecule has 0 aromatic heterocycles. The van der Waals surface area contributed by atoms with Gasteiger partial charge in [-0.25, -0.2) is 4.39 Å². The van der Waals surface area contributed by atoms with Gasteiger partial charge in [-0.2, -0.15) is 0 Å². The van der Waals surface area contributed by atoms with Crippen LogP contribution in [0.1, 0.15) is 16.7 Å². The molecule has 0 aliphatic rings. The SMILES string of the molecule is Cc1ccccc1CSc1cc(F)cc(CO)c1. The molecule has 2 rings (SSSR count). The van der Waals surface area contributed by atoms with E-state index in [1.807, 2.05) is 18.2 Å². The summed E-state index contributed by atoms with van der Waals surface area (Å²) in [5, 5.41) is 9.04. The van der Waals surface area contributed by atoms with E-state index in [0.717, 1.165) is 10.6 Å². The van der Waals surface area contributed by atoms with Crippen molar-refractivity contribution < 1.29 is 9.50 Å². The Balaban J connectivity index is 2.11. The van der Waals surface area contributed by atoms with Crippen LogP contribution in [0, 0.1) is 12.7 Å². The van der Waals surface area contributed by atoms with E-state index in [1.165, 1.54) is 23.3 Å². The zero-order chi connectivity index (χ0) is 13.0. The normalized spacial score (nSPS) is 10.6. The summed E-state index contributed by atoms with van der Waals surface area (Å²) in [6, 6.07) is 12.9. The van der Waals surface area contributed by atoms with Crippen LogP contribution in [0.5, 0.6) is 0 Å². The van der Waals surface area contributed by atoms with E-state index < -0.39 is 0 Å². The van der Waals surface area contributed by atoms with Crippen LogP contribution in [-0.4, -0.2) is 5.11 Å². The van der Waals surface area contributed by atoms with Gasteiger partial charge in [0.05, 0.1) is 6.61 Å². The van der Waals surface area contributed by atoms with Crippen LogP contribution >= 0.6 is 11.8 Å². The molecule has 0 aliphatic heterocycles. The molecule has 18 heavy (non-hydrogen) atoms. The molecule has 0 heterocycles. The second-order valence-electron chi connectivity index (χ2n) is 4.17. The Bertz CT molecular complexity index is 540. The van der Waals surface area contributed by atoms with Crippen molar-refractivity contribution in [2.45, 2.75) is 24.2 Å². The molecule has 2 aromatic carbocycles. The monoisotopic (exact) mass is 262 g/mol. The highest BCUT2D eigenvalue weighted by molar-refractivity contribution is 7.98. The minimum Gasteiger partial charge on any atom is -0.392 e. The van der Waals surface area contributed by atoms with Gasteiger partial charge in [0.1, 0.15) is 5.82 Å². The van der Waals surface area contributed by atoms with Crippen molar-refractivity contribution in [1.29, 1.82) is 0 Å². The molecule has 3 heteroatoms. The summed E-state index contributed by atoms with van der Waals surface area (Å²) in [7, 11) is 0. The highest BCUT2D eigenvalue weighted by Gasteiger charge is 2.03. The summed E-state index contributed by atoms with van der Waals surface area (Å²) in [5.41, 5.74) is 3.10. The smallest absolute Gasteiger partial charge is 0.124 e. The van der Waals surface area contributed by atoms with E-state index in [2.05, 4.69) is 19.1 Å². The Labute approximate surface area is 111 Å². The quantitative estimate of drug-likeness (QED) is 0.843. The molecule has 0 saturated heterocycles. The lowest BCUT2D eigenvalue weighted by molar-refractivity contribution is 0.281. The van der Waals surface area contributed by atoms with Crippen LogP contribution in [0.2, 0.25) is 0 Å². The lowest BCUT2D eigenvalue weighted by Crippen LogP contribution is -1.89. The van der Waals surface area contributed by atoms with Gasteiger partial charge < -0.3 is 5.11 Å². The lowest BCUT2D eigenvalue weighted by Gasteiger charge is -2.07. The van der Waals surface area contributed by atoms with E-state index in [4.69, 9.17) is 5.11 Å². The predicted molar refractivity (Wildman–Crippen MR) is 73.1 cm³/mol. The molecule has 0 saturated carbocycles. The zero-order valence-corrected chi connectivity index (χ0v) is 11.0. The van der Waals surface area contributed by atoms with Gasteiger partial charge in [0, 0.05) is 10.6 Å². The first-order valence-corrected chi connectivity index (χ1v) is 6.75. The van der Waals surface area contributed by atoms with Gasteiger partial charge in [-0.15, -0.1) is 11.8 Å². The van der Waals surface area contributed by atoms with Crippen molar-refractivity contribution in [3.63, 3.8) is 0 Å². The van der Waals surface area contributed by atoms with E-state index in [0.29, 0.717) is 5.56 Å². The second-order valence-corrected chi connectivity index (χ2v) is 5.22. The van der Waals surface area contributed by atoms with Crippen molar-refractivity contribution >= 4 is 11.8 Å². The molecule has 0 radical (unpaired) electrons. The first-order valence-electron chi connectivity index (χ1n) is 5.76. The van der Waals surface area contributed by atoms with Crippen LogP contribution in [-0.2, 0) is 12.4 Å². The third-order valence-electron chi connectivity index (χ3n) is 2.77. The molecule has 1 N–H and O–H groups in total. The van der Waals surface area contributed by atoms with E-state index in [1.54, 1.807) is 11.8 Å². The van der Waals surface area contributed by atoms with Crippen LogP contribution in [0.3, 0.4) is 0 Å². The lowest BCUT2D eigenvalue weighted by atomic mass is 10.1. The largest absolute Gasteiger partial charge is 0.392 e. The molecule has 0 spiro atoms. The topological polar surface area (TPSA) is 20.2 Å². The van der Waals surface area contributed by atoms with Crippen LogP contribution in [0.4, 0.5) is 4.39 Å². The molecule has 0 aliphatic carbocycles. The van der Waals surface area contributed by atoms with Gasteiger partial charge in [-0.05, 0) is 41.8 Å². The molecule has 0 bridgehead atoms. The van der Waals surface area contributed by atoms with Gasteiger partial charge in [-0.3, -0.25) is 0 Å². The minimum atomic E-state index is -0.297. The molecule has 0 fully saturated rings. The summed E-state index contributed by atoms with van der Waals surface area (Å²) in [6.07, 6.45) is 0. The summed E-state index contributed by atoms with van der Waals surface area (Å²) in [4.78, 5) is 0.849. The number of hydrogen-bond donors (Lipinski definition) is 1. The third-order valence-corrected chi connectivity index (χ3v) is 3.79. The molecule has 2 aromatic rings. The maximum Gasteiger partial charge on any atom is 0.124 e. The van der Waals surface area contributed by atoms with E-state index in [-0.39, 0.29) is 12.4 Å². The van der Waals surface area contributed by atoms with Crippen molar-refractivity contribution in [3.05, 3.63) is 65.0 Å². The average Bonchev–Trinajstić information content (AvgIpc) is 2.37. The highest BCUT2D eigenvalue weighted by atomic mass is 32.2. The molecular formula is C15H15FOS. The van der Waals surface area contributed by atoms with Crippen LogP contribution in [0.25, 0.3) is 0 Å². The maximum absolute atomic E-state index is 13.3. The van der Waals surface area contributed by atoms with Crippen molar-refractivity contribution in [1.82, 2.24) is 0 Å². The maximum atomic E-state index is 13.3. The average molecular weight is 262 g/mol.